The van der Waals surface area contributed by atoms with Crippen molar-refractivity contribution in [3.05, 3.63) is 0 Å². The molecule has 0 radical (unpaired) electrons. The molecule has 3 heteroatoms. The number of rotatable bonds is 3. The van der Waals surface area contributed by atoms with Crippen LogP contribution in [0.15, 0.2) is 0 Å². The Labute approximate surface area is 67.3 Å². The maximum Gasteiger partial charge on any atom is 0.120 e. The van der Waals surface area contributed by atoms with Gasteiger partial charge in [-0.3, -0.25) is 0 Å². The molecule has 1 saturated heterocycles. The third-order valence-electron chi connectivity index (χ3n) is 1.95. The summed E-state index contributed by atoms with van der Waals surface area (Å²) in [4.78, 5) is 12.3. The van der Waals surface area contributed by atoms with Crippen LogP contribution in [-0.2, 0) is 9.53 Å². The lowest BCUT2D eigenvalue weighted by Gasteiger charge is -2.29. The topological polar surface area (TPSA) is 29.5 Å². The maximum absolute atomic E-state index is 10.1. The Morgan fingerprint density at radius 3 is 3.18 bits per heavy atom. The van der Waals surface area contributed by atoms with E-state index in [1.807, 2.05) is 0 Å². The third-order valence-corrected chi connectivity index (χ3v) is 1.95. The largest absolute Gasteiger partial charge is 0.376 e. The third kappa shape index (κ3) is 2.99. The van der Waals surface area contributed by atoms with Crippen molar-refractivity contribution in [3.63, 3.8) is 0 Å². The van der Waals surface area contributed by atoms with Crippen LogP contribution in [0.5, 0.6) is 0 Å². The second kappa shape index (κ2) is 4.46. The molecule has 1 unspecified atom stereocenters. The summed E-state index contributed by atoms with van der Waals surface area (Å²) >= 11 is 0. The second-order valence-electron chi connectivity index (χ2n) is 3.00. The molecule has 1 aliphatic rings. The molecule has 0 amide bonds. The molecule has 0 aliphatic carbocycles. The van der Waals surface area contributed by atoms with Gasteiger partial charge in [0, 0.05) is 19.5 Å². The summed E-state index contributed by atoms with van der Waals surface area (Å²) in [6.45, 7) is 2.78. The highest BCUT2D eigenvalue weighted by molar-refractivity contribution is 5.49. The minimum atomic E-state index is 0.277. The Morgan fingerprint density at radius 1 is 1.73 bits per heavy atom. The molecular weight excluding hydrogens is 142 g/mol. The number of carbonyl (C=O) groups excluding carboxylic acids is 1. The van der Waals surface area contributed by atoms with Crippen LogP contribution >= 0.6 is 0 Å². The zero-order valence-electron chi connectivity index (χ0n) is 6.95. The first-order valence-electron chi connectivity index (χ1n) is 4.06. The van der Waals surface area contributed by atoms with E-state index in [0.717, 1.165) is 32.4 Å². The van der Waals surface area contributed by atoms with Crippen molar-refractivity contribution >= 4 is 6.29 Å². The first-order chi connectivity index (χ1) is 5.33. The minimum absolute atomic E-state index is 0.277. The van der Waals surface area contributed by atoms with Crippen molar-refractivity contribution in [2.45, 2.75) is 18.9 Å². The van der Waals surface area contributed by atoms with Crippen molar-refractivity contribution in [1.29, 1.82) is 0 Å². The number of hydrogen-bond acceptors (Lipinski definition) is 3. The SMILES string of the molecule is CN1CCOC(CCC=O)C1. The van der Waals surface area contributed by atoms with Gasteiger partial charge in [0.15, 0.2) is 0 Å². The zero-order valence-corrected chi connectivity index (χ0v) is 6.95. The van der Waals surface area contributed by atoms with E-state index in [0.29, 0.717) is 6.42 Å². The van der Waals surface area contributed by atoms with Gasteiger partial charge in [-0.05, 0) is 13.5 Å². The van der Waals surface area contributed by atoms with Gasteiger partial charge in [0.05, 0.1) is 12.7 Å². The van der Waals surface area contributed by atoms with Gasteiger partial charge in [-0.25, -0.2) is 0 Å². The van der Waals surface area contributed by atoms with Gasteiger partial charge in [0.1, 0.15) is 6.29 Å². The van der Waals surface area contributed by atoms with Gasteiger partial charge < -0.3 is 14.4 Å². The molecule has 0 saturated carbocycles. The van der Waals surface area contributed by atoms with E-state index in [4.69, 9.17) is 4.74 Å². The minimum Gasteiger partial charge on any atom is -0.376 e. The summed E-state index contributed by atoms with van der Waals surface area (Å²) in [7, 11) is 2.08. The van der Waals surface area contributed by atoms with Crippen molar-refractivity contribution in [2.24, 2.45) is 0 Å². The van der Waals surface area contributed by atoms with E-state index in [2.05, 4.69) is 11.9 Å². The monoisotopic (exact) mass is 157 g/mol. The summed E-state index contributed by atoms with van der Waals surface area (Å²) < 4.78 is 5.45. The normalized spacial score (nSPS) is 26.8. The fourth-order valence-electron chi connectivity index (χ4n) is 1.30. The predicted octanol–water partition coefficient (Wildman–Crippen LogP) is 0.296. The highest BCUT2D eigenvalue weighted by Crippen LogP contribution is 2.07. The molecule has 3 nitrogen and oxygen atoms in total. The lowest BCUT2D eigenvalue weighted by molar-refractivity contribution is -0.109. The van der Waals surface area contributed by atoms with Gasteiger partial charge in [0.2, 0.25) is 0 Å². The zero-order chi connectivity index (χ0) is 8.10. The smallest absolute Gasteiger partial charge is 0.120 e. The van der Waals surface area contributed by atoms with Crippen LogP contribution in [0.3, 0.4) is 0 Å². The van der Waals surface area contributed by atoms with E-state index in [1.165, 1.54) is 0 Å². The Kier molecular flexibility index (Phi) is 3.52. The summed E-state index contributed by atoms with van der Waals surface area (Å²) in [6, 6.07) is 0. The molecule has 0 aromatic carbocycles. The van der Waals surface area contributed by atoms with Crippen LogP contribution in [0.1, 0.15) is 12.8 Å². The number of hydrogen-bond donors (Lipinski definition) is 0. The van der Waals surface area contributed by atoms with E-state index < -0.39 is 0 Å². The number of aldehydes is 1. The first kappa shape index (κ1) is 8.68. The molecule has 1 rings (SSSR count). The Balaban J connectivity index is 2.17. The summed E-state index contributed by atoms with van der Waals surface area (Å²) in [6.07, 6.45) is 2.73. The van der Waals surface area contributed by atoms with Crippen molar-refractivity contribution in [3.8, 4) is 0 Å². The van der Waals surface area contributed by atoms with E-state index in [1.54, 1.807) is 0 Å². The van der Waals surface area contributed by atoms with Gasteiger partial charge >= 0.3 is 0 Å². The molecule has 11 heavy (non-hydrogen) atoms. The maximum atomic E-state index is 10.1. The fraction of sp³-hybridized carbons (Fsp3) is 0.875. The Hall–Kier alpha value is -0.410. The molecule has 64 valence electrons. The molecule has 1 fully saturated rings. The Bertz CT molecular complexity index is 127. The standard InChI is InChI=1S/C8H15NO2/c1-9-4-6-11-8(7-9)3-2-5-10/h5,8H,2-4,6-7H2,1H3. The molecule has 0 aromatic heterocycles. The number of morpholine rings is 1. The molecule has 0 bridgehead atoms. The number of ether oxygens (including phenoxy) is 1. The molecule has 1 aliphatic heterocycles. The van der Waals surface area contributed by atoms with Crippen LogP contribution in [-0.4, -0.2) is 44.0 Å². The molecule has 1 atom stereocenters. The van der Waals surface area contributed by atoms with E-state index >= 15 is 0 Å². The second-order valence-corrected chi connectivity index (χ2v) is 3.00. The van der Waals surface area contributed by atoms with Crippen LogP contribution in [0.2, 0.25) is 0 Å². The molecule has 0 spiro atoms. The molecule has 0 aromatic rings. The predicted molar refractivity (Wildman–Crippen MR) is 42.5 cm³/mol. The van der Waals surface area contributed by atoms with Crippen molar-refractivity contribution < 1.29 is 9.53 Å². The van der Waals surface area contributed by atoms with E-state index in [9.17, 15) is 4.79 Å². The fourth-order valence-corrected chi connectivity index (χ4v) is 1.30. The molecule has 1 heterocycles. The highest BCUT2D eigenvalue weighted by atomic mass is 16.5. The van der Waals surface area contributed by atoms with Gasteiger partial charge in [-0.15, -0.1) is 0 Å². The summed E-state index contributed by atoms with van der Waals surface area (Å²) in [5.41, 5.74) is 0. The highest BCUT2D eigenvalue weighted by Gasteiger charge is 2.16. The van der Waals surface area contributed by atoms with Crippen LogP contribution in [0.25, 0.3) is 0 Å². The van der Waals surface area contributed by atoms with Gasteiger partial charge in [-0.2, -0.15) is 0 Å². The molecule has 0 N–H and O–H groups in total. The van der Waals surface area contributed by atoms with Crippen LogP contribution in [0, 0.1) is 0 Å². The number of carbonyl (C=O) groups is 1. The number of nitrogens with zero attached hydrogens (tertiary/aromatic N) is 1. The number of likely N-dealkylation sites (N-methyl/N-ethyl adjacent to an activating group) is 1. The van der Waals surface area contributed by atoms with Crippen LogP contribution in [0.4, 0.5) is 0 Å². The average molecular weight is 157 g/mol. The van der Waals surface area contributed by atoms with Gasteiger partial charge in [-0.1, -0.05) is 0 Å². The lowest BCUT2D eigenvalue weighted by Crippen LogP contribution is -2.39. The quantitative estimate of drug-likeness (QED) is 0.552. The van der Waals surface area contributed by atoms with E-state index in [-0.39, 0.29) is 6.10 Å². The van der Waals surface area contributed by atoms with Gasteiger partial charge in [0.25, 0.3) is 0 Å². The summed E-state index contributed by atoms with van der Waals surface area (Å²) in [5, 5.41) is 0. The Morgan fingerprint density at radius 2 is 2.55 bits per heavy atom. The van der Waals surface area contributed by atoms with Crippen molar-refractivity contribution in [2.75, 3.05) is 26.7 Å². The lowest BCUT2D eigenvalue weighted by atomic mass is 10.2. The summed E-state index contributed by atoms with van der Waals surface area (Å²) in [5.74, 6) is 0. The average Bonchev–Trinajstić information content (AvgIpc) is 2.01. The first-order valence-corrected chi connectivity index (χ1v) is 4.06. The van der Waals surface area contributed by atoms with Crippen LogP contribution < -0.4 is 0 Å². The molecular formula is C8H15NO2. The van der Waals surface area contributed by atoms with Crippen molar-refractivity contribution in [1.82, 2.24) is 4.90 Å².